The van der Waals surface area contributed by atoms with Gasteiger partial charge in [-0.05, 0) is 30.7 Å². The zero-order valence-electron chi connectivity index (χ0n) is 11.7. The summed E-state index contributed by atoms with van der Waals surface area (Å²) in [7, 11) is 1.91. The van der Waals surface area contributed by atoms with Crippen molar-refractivity contribution in [1.29, 1.82) is 0 Å². The fourth-order valence-corrected chi connectivity index (χ4v) is 5.53. The molecule has 5 heteroatoms. The molecule has 2 heterocycles. The number of rotatable bonds is 3. The third-order valence-electron chi connectivity index (χ3n) is 3.95. The van der Waals surface area contributed by atoms with Gasteiger partial charge >= 0.3 is 0 Å². The highest BCUT2D eigenvalue weighted by molar-refractivity contribution is 8.19. The first kappa shape index (κ1) is 14.3. The average molecular weight is 308 g/mol. The van der Waals surface area contributed by atoms with Gasteiger partial charge in [0.15, 0.2) is 0 Å². The largest absolute Gasteiger partial charge is 0.337 e. The Balaban J connectivity index is 1.68. The van der Waals surface area contributed by atoms with E-state index in [1.807, 2.05) is 47.6 Å². The molecule has 0 aromatic heterocycles. The quantitative estimate of drug-likeness (QED) is 0.930. The number of hydrogen-bond donors (Lipinski definition) is 1. The predicted octanol–water partition coefficient (Wildman–Crippen LogP) is 2.60. The van der Waals surface area contributed by atoms with Crippen LogP contribution in [0.3, 0.4) is 0 Å². The van der Waals surface area contributed by atoms with Gasteiger partial charge in [0.05, 0.1) is 4.58 Å². The van der Waals surface area contributed by atoms with E-state index in [1.54, 1.807) is 0 Å². The molecule has 2 aliphatic rings. The molecule has 1 N–H and O–H groups in total. The van der Waals surface area contributed by atoms with Gasteiger partial charge in [-0.1, -0.05) is 12.1 Å². The third kappa shape index (κ3) is 3.00. The van der Waals surface area contributed by atoms with Gasteiger partial charge in [0, 0.05) is 36.7 Å². The van der Waals surface area contributed by atoms with Crippen LogP contribution in [-0.4, -0.2) is 48.5 Å². The highest BCUT2D eigenvalue weighted by Crippen LogP contribution is 2.45. The number of nitrogens with one attached hydrogen (secondary N) is 1. The second kappa shape index (κ2) is 6.41. The highest BCUT2D eigenvalue weighted by Gasteiger charge is 2.24. The predicted molar refractivity (Wildman–Crippen MR) is 87.5 cm³/mol. The van der Waals surface area contributed by atoms with Crippen LogP contribution in [0.5, 0.6) is 0 Å². The lowest BCUT2D eigenvalue weighted by Gasteiger charge is -2.24. The van der Waals surface area contributed by atoms with Crippen molar-refractivity contribution >= 4 is 29.4 Å². The van der Waals surface area contributed by atoms with Crippen molar-refractivity contribution < 1.29 is 4.79 Å². The van der Waals surface area contributed by atoms with Gasteiger partial charge in [0.25, 0.3) is 5.91 Å². The normalized spacial score (nSPS) is 23.1. The molecule has 2 fully saturated rings. The van der Waals surface area contributed by atoms with E-state index in [9.17, 15) is 4.79 Å². The SMILES string of the molecule is CN(C(=O)c1ccc(C2SCCS2)cc1)C1CCNC1. The lowest BCUT2D eigenvalue weighted by molar-refractivity contribution is 0.0744. The second-order valence-electron chi connectivity index (χ2n) is 5.26. The number of hydrogen-bond acceptors (Lipinski definition) is 4. The monoisotopic (exact) mass is 308 g/mol. The molecule has 3 rings (SSSR count). The minimum absolute atomic E-state index is 0.136. The maximum absolute atomic E-state index is 12.5. The van der Waals surface area contributed by atoms with E-state index in [0.29, 0.717) is 10.6 Å². The van der Waals surface area contributed by atoms with Crippen LogP contribution in [-0.2, 0) is 0 Å². The summed E-state index contributed by atoms with van der Waals surface area (Å²) in [6, 6.07) is 8.53. The molecule has 0 saturated carbocycles. The summed E-state index contributed by atoms with van der Waals surface area (Å²) >= 11 is 3.99. The fraction of sp³-hybridized carbons (Fsp3) is 0.533. The van der Waals surface area contributed by atoms with Gasteiger partial charge in [0.2, 0.25) is 0 Å². The zero-order chi connectivity index (χ0) is 13.9. The van der Waals surface area contributed by atoms with E-state index in [1.165, 1.54) is 17.1 Å². The molecule has 1 aromatic rings. The molecule has 0 radical (unpaired) electrons. The summed E-state index contributed by atoms with van der Waals surface area (Å²) in [5, 5.41) is 3.31. The summed E-state index contributed by atoms with van der Waals surface area (Å²) in [4.78, 5) is 14.3. The molecule has 2 aliphatic heterocycles. The Morgan fingerprint density at radius 1 is 1.25 bits per heavy atom. The number of likely N-dealkylation sites (N-methyl/N-ethyl adjacent to an activating group) is 1. The summed E-state index contributed by atoms with van der Waals surface area (Å²) in [6.07, 6.45) is 1.05. The van der Waals surface area contributed by atoms with Crippen LogP contribution >= 0.6 is 23.5 Å². The molecular weight excluding hydrogens is 288 g/mol. The summed E-state index contributed by atoms with van der Waals surface area (Å²) < 4.78 is 0.552. The second-order valence-corrected chi connectivity index (χ2v) is 7.98. The molecule has 1 aromatic carbocycles. The fourth-order valence-electron chi connectivity index (χ4n) is 2.67. The molecule has 0 spiro atoms. The van der Waals surface area contributed by atoms with Crippen LogP contribution in [0, 0.1) is 0 Å². The minimum Gasteiger partial charge on any atom is -0.337 e. The van der Waals surface area contributed by atoms with Crippen LogP contribution in [0.15, 0.2) is 24.3 Å². The highest BCUT2D eigenvalue weighted by atomic mass is 32.2. The Morgan fingerprint density at radius 3 is 2.55 bits per heavy atom. The Bertz CT molecular complexity index is 465. The van der Waals surface area contributed by atoms with Crippen LogP contribution < -0.4 is 5.32 Å². The van der Waals surface area contributed by atoms with Gasteiger partial charge in [-0.15, -0.1) is 23.5 Å². The van der Waals surface area contributed by atoms with Crippen molar-refractivity contribution in [2.24, 2.45) is 0 Å². The molecule has 1 unspecified atom stereocenters. The Kier molecular flexibility index (Phi) is 4.58. The third-order valence-corrected chi connectivity index (χ3v) is 7.06. The van der Waals surface area contributed by atoms with Crippen LogP contribution in [0.25, 0.3) is 0 Å². The number of carbonyl (C=O) groups excluding carboxylic acids is 1. The lowest BCUT2D eigenvalue weighted by Crippen LogP contribution is -2.38. The molecule has 0 aliphatic carbocycles. The average Bonchev–Trinajstić information content (AvgIpc) is 3.18. The first-order valence-electron chi connectivity index (χ1n) is 7.07. The van der Waals surface area contributed by atoms with E-state index in [-0.39, 0.29) is 5.91 Å². The topological polar surface area (TPSA) is 32.3 Å². The maximum Gasteiger partial charge on any atom is 0.253 e. The molecule has 108 valence electrons. The van der Waals surface area contributed by atoms with Gasteiger partial charge in [-0.3, -0.25) is 4.79 Å². The van der Waals surface area contributed by atoms with Gasteiger partial charge in [-0.2, -0.15) is 0 Å². The number of thioether (sulfide) groups is 2. The van der Waals surface area contributed by atoms with Gasteiger partial charge < -0.3 is 10.2 Å². The Labute approximate surface area is 128 Å². The first-order valence-corrected chi connectivity index (χ1v) is 9.16. The molecule has 2 saturated heterocycles. The summed E-state index contributed by atoms with van der Waals surface area (Å²) in [6.45, 7) is 1.92. The van der Waals surface area contributed by atoms with E-state index >= 15 is 0 Å². The van der Waals surface area contributed by atoms with E-state index in [0.717, 1.165) is 25.1 Å². The molecule has 0 bridgehead atoms. The van der Waals surface area contributed by atoms with Gasteiger partial charge in [-0.25, -0.2) is 0 Å². The Morgan fingerprint density at radius 2 is 1.95 bits per heavy atom. The smallest absolute Gasteiger partial charge is 0.253 e. The van der Waals surface area contributed by atoms with Crippen molar-refractivity contribution in [3.63, 3.8) is 0 Å². The van der Waals surface area contributed by atoms with Crippen LogP contribution in [0.2, 0.25) is 0 Å². The molecule has 20 heavy (non-hydrogen) atoms. The number of amides is 1. The Hall–Kier alpha value is -0.650. The first-order chi connectivity index (χ1) is 9.75. The van der Waals surface area contributed by atoms with Crippen LogP contribution in [0.1, 0.15) is 26.9 Å². The van der Waals surface area contributed by atoms with E-state index in [2.05, 4.69) is 17.4 Å². The maximum atomic E-state index is 12.5. The van der Waals surface area contributed by atoms with Crippen molar-refractivity contribution in [2.75, 3.05) is 31.6 Å². The van der Waals surface area contributed by atoms with Gasteiger partial charge in [0.1, 0.15) is 0 Å². The standard InChI is InChI=1S/C15H20N2OS2/c1-17(13-6-7-16-10-13)14(18)11-2-4-12(5-3-11)15-19-8-9-20-15/h2-5,13,15-16H,6-10H2,1H3. The summed E-state index contributed by atoms with van der Waals surface area (Å²) in [5.74, 6) is 2.60. The lowest BCUT2D eigenvalue weighted by atomic mass is 10.1. The minimum atomic E-state index is 0.136. The number of nitrogens with zero attached hydrogens (tertiary/aromatic N) is 1. The molecule has 3 nitrogen and oxygen atoms in total. The molecule has 1 amide bonds. The van der Waals surface area contributed by atoms with Crippen molar-refractivity contribution in [2.45, 2.75) is 17.0 Å². The number of benzene rings is 1. The van der Waals surface area contributed by atoms with Crippen molar-refractivity contribution in [1.82, 2.24) is 10.2 Å². The van der Waals surface area contributed by atoms with Crippen LogP contribution in [0.4, 0.5) is 0 Å². The summed E-state index contributed by atoms with van der Waals surface area (Å²) in [5.41, 5.74) is 2.13. The van der Waals surface area contributed by atoms with Crippen molar-refractivity contribution in [3.8, 4) is 0 Å². The molecular formula is C15H20N2OS2. The van der Waals surface area contributed by atoms with Crippen molar-refractivity contribution in [3.05, 3.63) is 35.4 Å². The van der Waals surface area contributed by atoms with E-state index in [4.69, 9.17) is 0 Å². The number of carbonyl (C=O) groups is 1. The molecule has 1 atom stereocenters. The van der Waals surface area contributed by atoms with E-state index < -0.39 is 0 Å². The zero-order valence-corrected chi connectivity index (χ0v) is 13.3.